The first-order valence-corrected chi connectivity index (χ1v) is 6.28. The Hall–Kier alpha value is -2.38. The van der Waals surface area contributed by atoms with Crippen molar-refractivity contribution in [2.24, 2.45) is 10.9 Å². The summed E-state index contributed by atoms with van der Waals surface area (Å²) < 4.78 is 0. The van der Waals surface area contributed by atoms with E-state index in [-0.39, 0.29) is 22.8 Å². The highest BCUT2D eigenvalue weighted by atomic mass is 16.6. The second kappa shape index (κ2) is 4.95. The minimum atomic E-state index is -0.598. The number of aromatic nitrogens is 1. The summed E-state index contributed by atoms with van der Waals surface area (Å²) in [7, 11) is 0. The molecule has 0 radical (unpaired) electrons. The zero-order valence-corrected chi connectivity index (χ0v) is 11.4. The Balaban J connectivity index is 2.50. The standard InChI is InChI=1S/C12H17N5O3/c1-12(2)6-3-7-16(12)9-5-4-8(17(19)20)10(14-9)11(13)15-18/h4-5,18H,3,6-7H2,1-2H3,(H2,13,15). The van der Waals surface area contributed by atoms with Crippen molar-refractivity contribution in [3.05, 3.63) is 27.9 Å². The molecule has 0 atom stereocenters. The van der Waals surface area contributed by atoms with E-state index in [0.29, 0.717) is 5.82 Å². The zero-order valence-electron chi connectivity index (χ0n) is 11.4. The number of amidine groups is 1. The largest absolute Gasteiger partial charge is 0.409 e. The van der Waals surface area contributed by atoms with Gasteiger partial charge < -0.3 is 15.8 Å². The van der Waals surface area contributed by atoms with Crippen LogP contribution in [0.25, 0.3) is 0 Å². The lowest BCUT2D eigenvalue weighted by molar-refractivity contribution is -0.385. The summed E-state index contributed by atoms with van der Waals surface area (Å²) >= 11 is 0. The van der Waals surface area contributed by atoms with Crippen LogP contribution in [0.15, 0.2) is 17.3 Å². The highest BCUT2D eigenvalue weighted by Crippen LogP contribution is 2.33. The van der Waals surface area contributed by atoms with Crippen molar-refractivity contribution >= 4 is 17.3 Å². The van der Waals surface area contributed by atoms with Gasteiger partial charge in [-0.1, -0.05) is 5.16 Å². The lowest BCUT2D eigenvalue weighted by Gasteiger charge is -2.32. The molecule has 0 amide bonds. The van der Waals surface area contributed by atoms with E-state index in [1.54, 1.807) is 6.07 Å². The molecule has 1 aromatic rings. The molecule has 1 aliphatic heterocycles. The Bertz CT molecular complexity index is 570. The zero-order chi connectivity index (χ0) is 14.9. The molecule has 0 spiro atoms. The van der Waals surface area contributed by atoms with E-state index in [2.05, 4.69) is 28.9 Å². The number of pyridine rings is 1. The molecule has 8 nitrogen and oxygen atoms in total. The average Bonchev–Trinajstić information content (AvgIpc) is 2.76. The van der Waals surface area contributed by atoms with Gasteiger partial charge in [-0.2, -0.15) is 0 Å². The topological polar surface area (TPSA) is 118 Å². The van der Waals surface area contributed by atoms with Crippen LogP contribution in [0.1, 0.15) is 32.4 Å². The van der Waals surface area contributed by atoms with E-state index in [9.17, 15) is 10.1 Å². The number of nitrogens with two attached hydrogens (primary N) is 1. The van der Waals surface area contributed by atoms with Gasteiger partial charge in [-0.05, 0) is 32.8 Å². The molecule has 1 fully saturated rings. The SMILES string of the molecule is CC1(C)CCCN1c1ccc([N+](=O)[O-])c(/C(N)=N/O)n1. The second-order valence-electron chi connectivity index (χ2n) is 5.35. The van der Waals surface area contributed by atoms with Crippen LogP contribution in [-0.4, -0.2) is 33.0 Å². The van der Waals surface area contributed by atoms with Crippen LogP contribution < -0.4 is 10.6 Å². The van der Waals surface area contributed by atoms with Gasteiger partial charge in [0.25, 0.3) is 5.69 Å². The lowest BCUT2D eigenvalue weighted by atomic mass is 10.0. The maximum atomic E-state index is 11.0. The maximum absolute atomic E-state index is 11.0. The van der Waals surface area contributed by atoms with E-state index < -0.39 is 4.92 Å². The summed E-state index contributed by atoms with van der Waals surface area (Å²) in [6.07, 6.45) is 2.05. The van der Waals surface area contributed by atoms with Gasteiger partial charge in [0, 0.05) is 18.2 Å². The number of rotatable bonds is 3. The second-order valence-corrected chi connectivity index (χ2v) is 5.35. The minimum Gasteiger partial charge on any atom is -0.409 e. The van der Waals surface area contributed by atoms with Crippen LogP contribution in [0.4, 0.5) is 11.5 Å². The number of nitro groups is 1. The monoisotopic (exact) mass is 279 g/mol. The van der Waals surface area contributed by atoms with E-state index in [1.165, 1.54) is 6.07 Å². The summed E-state index contributed by atoms with van der Waals surface area (Å²) in [5.74, 6) is 0.232. The highest BCUT2D eigenvalue weighted by molar-refractivity contribution is 5.99. The molecule has 1 aromatic heterocycles. The fraction of sp³-hybridized carbons (Fsp3) is 0.500. The summed E-state index contributed by atoms with van der Waals surface area (Å²) in [5, 5.41) is 22.5. The Morgan fingerprint density at radius 3 is 2.80 bits per heavy atom. The van der Waals surface area contributed by atoms with Crippen LogP contribution in [0.3, 0.4) is 0 Å². The van der Waals surface area contributed by atoms with E-state index >= 15 is 0 Å². The van der Waals surface area contributed by atoms with Crippen LogP contribution in [0, 0.1) is 10.1 Å². The van der Waals surface area contributed by atoms with Gasteiger partial charge in [-0.15, -0.1) is 0 Å². The lowest BCUT2D eigenvalue weighted by Crippen LogP contribution is -2.39. The molecule has 20 heavy (non-hydrogen) atoms. The predicted molar refractivity (Wildman–Crippen MR) is 74.1 cm³/mol. The molecular weight excluding hydrogens is 262 g/mol. The predicted octanol–water partition coefficient (Wildman–Crippen LogP) is 1.46. The molecule has 108 valence electrons. The third kappa shape index (κ3) is 2.36. The van der Waals surface area contributed by atoms with E-state index in [4.69, 9.17) is 10.9 Å². The molecule has 2 heterocycles. The summed E-state index contributed by atoms with van der Waals surface area (Å²) in [5.41, 5.74) is 5.03. The molecule has 1 aliphatic rings. The van der Waals surface area contributed by atoms with Gasteiger partial charge in [-0.25, -0.2) is 4.98 Å². The van der Waals surface area contributed by atoms with E-state index in [0.717, 1.165) is 19.4 Å². The molecule has 0 bridgehead atoms. The molecule has 0 saturated carbocycles. The van der Waals surface area contributed by atoms with Crippen molar-refractivity contribution in [3.8, 4) is 0 Å². The van der Waals surface area contributed by atoms with Gasteiger partial charge in [0.2, 0.25) is 0 Å². The normalized spacial score (nSPS) is 18.3. The van der Waals surface area contributed by atoms with Crippen LogP contribution in [0.5, 0.6) is 0 Å². The Morgan fingerprint density at radius 1 is 1.60 bits per heavy atom. The quantitative estimate of drug-likeness (QED) is 0.284. The molecule has 0 aliphatic carbocycles. The molecule has 0 unspecified atom stereocenters. The summed E-state index contributed by atoms with van der Waals surface area (Å²) in [6, 6.07) is 2.93. The molecule has 3 N–H and O–H groups in total. The van der Waals surface area contributed by atoms with Crippen LogP contribution in [0.2, 0.25) is 0 Å². The first kappa shape index (κ1) is 14.0. The van der Waals surface area contributed by atoms with Gasteiger partial charge >= 0.3 is 0 Å². The third-order valence-corrected chi connectivity index (χ3v) is 3.58. The van der Waals surface area contributed by atoms with Gasteiger partial charge in [0.05, 0.1) is 4.92 Å². The number of oxime groups is 1. The van der Waals surface area contributed by atoms with Crippen molar-refractivity contribution in [1.82, 2.24) is 4.98 Å². The highest BCUT2D eigenvalue weighted by Gasteiger charge is 2.34. The van der Waals surface area contributed by atoms with Gasteiger partial charge in [0.1, 0.15) is 5.82 Å². The number of nitrogens with zero attached hydrogens (tertiary/aromatic N) is 4. The summed E-state index contributed by atoms with van der Waals surface area (Å²) in [6.45, 7) is 5.01. The van der Waals surface area contributed by atoms with Crippen molar-refractivity contribution in [2.45, 2.75) is 32.2 Å². The van der Waals surface area contributed by atoms with Crippen molar-refractivity contribution in [1.29, 1.82) is 0 Å². The number of hydrogen-bond acceptors (Lipinski definition) is 6. The van der Waals surface area contributed by atoms with Gasteiger partial charge in [-0.3, -0.25) is 10.1 Å². The molecule has 8 heteroatoms. The van der Waals surface area contributed by atoms with Crippen molar-refractivity contribution in [2.75, 3.05) is 11.4 Å². The molecule has 1 saturated heterocycles. The molecular formula is C12H17N5O3. The van der Waals surface area contributed by atoms with Crippen molar-refractivity contribution in [3.63, 3.8) is 0 Å². The third-order valence-electron chi connectivity index (χ3n) is 3.58. The average molecular weight is 279 g/mol. The Labute approximate surface area is 116 Å². The van der Waals surface area contributed by atoms with Crippen LogP contribution >= 0.6 is 0 Å². The van der Waals surface area contributed by atoms with E-state index in [1.807, 2.05) is 0 Å². The first-order valence-electron chi connectivity index (χ1n) is 6.28. The van der Waals surface area contributed by atoms with Gasteiger partial charge in [0.15, 0.2) is 11.5 Å². The number of anilines is 1. The molecule has 2 rings (SSSR count). The smallest absolute Gasteiger partial charge is 0.298 e. The fourth-order valence-corrected chi connectivity index (χ4v) is 2.51. The fourth-order valence-electron chi connectivity index (χ4n) is 2.51. The van der Waals surface area contributed by atoms with Crippen LogP contribution in [-0.2, 0) is 0 Å². The Morgan fingerprint density at radius 2 is 2.30 bits per heavy atom. The Kier molecular flexibility index (Phi) is 3.47. The first-order chi connectivity index (χ1) is 9.36. The summed E-state index contributed by atoms with van der Waals surface area (Å²) in [4.78, 5) is 16.6. The van der Waals surface area contributed by atoms with Crippen molar-refractivity contribution < 1.29 is 10.1 Å². The molecule has 0 aromatic carbocycles. The number of hydrogen-bond donors (Lipinski definition) is 2. The maximum Gasteiger partial charge on any atom is 0.298 e. The minimum absolute atomic E-state index is 0.0640.